The molecule has 0 saturated heterocycles. The van der Waals surface area contributed by atoms with Gasteiger partial charge in [0.25, 0.3) is 12.0 Å². The van der Waals surface area contributed by atoms with Gasteiger partial charge in [-0.25, -0.2) is 13.6 Å². The predicted octanol–water partition coefficient (Wildman–Crippen LogP) is 3.89. The van der Waals surface area contributed by atoms with Crippen LogP contribution in [0.1, 0.15) is 23.2 Å². The number of aromatic nitrogens is 4. The molecule has 0 bridgehead atoms. The molecular formula is C22H18F2N4O2. The molecule has 4 aromatic rings. The van der Waals surface area contributed by atoms with E-state index in [1.165, 1.54) is 18.3 Å². The van der Waals surface area contributed by atoms with Gasteiger partial charge in [0.15, 0.2) is 0 Å². The van der Waals surface area contributed by atoms with Crippen LogP contribution in [-0.2, 0) is 6.54 Å². The minimum atomic E-state index is -2.50. The van der Waals surface area contributed by atoms with Crippen LogP contribution < -0.4 is 11.2 Å². The third kappa shape index (κ3) is 3.98. The summed E-state index contributed by atoms with van der Waals surface area (Å²) in [6.07, 6.45) is 4.20. The number of benzene rings is 1. The fraction of sp³-hybridized carbons (Fsp3) is 0.136. The maximum atomic E-state index is 12.9. The van der Waals surface area contributed by atoms with Gasteiger partial charge in [0.1, 0.15) is 0 Å². The van der Waals surface area contributed by atoms with E-state index >= 15 is 0 Å². The van der Waals surface area contributed by atoms with Crippen molar-refractivity contribution in [2.24, 2.45) is 0 Å². The molecule has 30 heavy (non-hydrogen) atoms. The summed E-state index contributed by atoms with van der Waals surface area (Å²) < 4.78 is 27.8. The van der Waals surface area contributed by atoms with Crippen LogP contribution in [0.4, 0.5) is 8.78 Å². The number of hydrogen-bond donors (Lipinski definition) is 2. The Labute approximate surface area is 169 Å². The molecule has 0 amide bonds. The molecule has 3 aromatic heterocycles. The van der Waals surface area contributed by atoms with Crippen LogP contribution in [0.5, 0.6) is 0 Å². The summed E-state index contributed by atoms with van der Waals surface area (Å²) in [7, 11) is 0. The zero-order valence-electron chi connectivity index (χ0n) is 16.0. The van der Waals surface area contributed by atoms with Crippen molar-refractivity contribution >= 4 is 0 Å². The number of halogens is 2. The fourth-order valence-electron chi connectivity index (χ4n) is 3.33. The van der Waals surface area contributed by atoms with E-state index < -0.39 is 17.7 Å². The molecule has 1 aromatic carbocycles. The molecule has 8 heteroatoms. The summed E-state index contributed by atoms with van der Waals surface area (Å²) in [5, 5.41) is 0. The lowest BCUT2D eigenvalue weighted by Gasteiger charge is -2.08. The largest absolute Gasteiger partial charge is 0.349 e. The van der Waals surface area contributed by atoms with Crippen molar-refractivity contribution in [3.05, 3.63) is 98.8 Å². The quantitative estimate of drug-likeness (QED) is 0.526. The van der Waals surface area contributed by atoms with Crippen molar-refractivity contribution in [2.45, 2.75) is 19.9 Å². The van der Waals surface area contributed by atoms with Gasteiger partial charge >= 0.3 is 5.69 Å². The molecule has 3 heterocycles. The Morgan fingerprint density at radius 3 is 2.70 bits per heavy atom. The van der Waals surface area contributed by atoms with Gasteiger partial charge in [-0.15, -0.1) is 0 Å². The molecule has 0 saturated carbocycles. The number of nitrogens with one attached hydrogen (secondary N) is 2. The highest BCUT2D eigenvalue weighted by atomic mass is 19.3. The Kier molecular flexibility index (Phi) is 5.14. The monoisotopic (exact) mass is 408 g/mol. The van der Waals surface area contributed by atoms with E-state index in [1.807, 2.05) is 36.0 Å². The number of aromatic amines is 2. The van der Waals surface area contributed by atoms with E-state index in [0.717, 1.165) is 22.4 Å². The van der Waals surface area contributed by atoms with Gasteiger partial charge in [0, 0.05) is 59.3 Å². The highest BCUT2D eigenvalue weighted by molar-refractivity contribution is 5.72. The van der Waals surface area contributed by atoms with Crippen LogP contribution in [0, 0.1) is 6.92 Å². The summed E-state index contributed by atoms with van der Waals surface area (Å²) in [6, 6.07) is 10.1. The number of nitrogens with zero attached hydrogens (tertiary/aromatic N) is 2. The summed E-state index contributed by atoms with van der Waals surface area (Å²) in [6.45, 7) is 2.31. The van der Waals surface area contributed by atoms with Gasteiger partial charge in [-0.2, -0.15) is 0 Å². The molecule has 0 unspecified atom stereocenters. The van der Waals surface area contributed by atoms with Gasteiger partial charge < -0.3 is 9.55 Å². The first kappa shape index (κ1) is 19.5. The SMILES string of the molecule is Cc1ncc(-c2c[nH]c(=O)[nH]c2=O)cc1-c1ccn(Cc2cccc(C(F)F)c2)c1. The van der Waals surface area contributed by atoms with Crippen LogP contribution in [0.25, 0.3) is 22.3 Å². The Balaban J connectivity index is 1.65. The first-order valence-electron chi connectivity index (χ1n) is 9.23. The van der Waals surface area contributed by atoms with E-state index in [-0.39, 0.29) is 5.56 Å². The third-order valence-electron chi connectivity index (χ3n) is 4.85. The van der Waals surface area contributed by atoms with Gasteiger partial charge in [-0.3, -0.25) is 14.8 Å². The van der Waals surface area contributed by atoms with Crippen LogP contribution in [0.2, 0.25) is 0 Å². The lowest BCUT2D eigenvalue weighted by Crippen LogP contribution is -2.22. The number of pyridine rings is 1. The molecule has 0 aliphatic heterocycles. The summed E-state index contributed by atoms with van der Waals surface area (Å²) >= 11 is 0. The maximum Gasteiger partial charge on any atom is 0.325 e. The van der Waals surface area contributed by atoms with Gasteiger partial charge in [0.2, 0.25) is 0 Å². The Morgan fingerprint density at radius 1 is 1.10 bits per heavy atom. The Bertz CT molecular complexity index is 1320. The van der Waals surface area contributed by atoms with E-state index in [4.69, 9.17) is 0 Å². The molecule has 0 aliphatic rings. The predicted molar refractivity (Wildman–Crippen MR) is 110 cm³/mol. The van der Waals surface area contributed by atoms with Crippen molar-refractivity contribution in [3.8, 4) is 22.3 Å². The molecule has 0 aliphatic carbocycles. The highest BCUT2D eigenvalue weighted by Gasteiger charge is 2.11. The highest BCUT2D eigenvalue weighted by Crippen LogP contribution is 2.27. The normalized spacial score (nSPS) is 11.2. The molecule has 0 atom stereocenters. The zero-order valence-corrected chi connectivity index (χ0v) is 16.0. The molecule has 2 N–H and O–H groups in total. The minimum absolute atomic E-state index is 0.00116. The maximum absolute atomic E-state index is 12.9. The van der Waals surface area contributed by atoms with E-state index in [9.17, 15) is 18.4 Å². The molecule has 0 spiro atoms. The van der Waals surface area contributed by atoms with E-state index in [1.54, 1.807) is 18.3 Å². The fourth-order valence-corrected chi connectivity index (χ4v) is 3.33. The van der Waals surface area contributed by atoms with Gasteiger partial charge in [-0.1, -0.05) is 18.2 Å². The van der Waals surface area contributed by atoms with Crippen molar-refractivity contribution in [1.82, 2.24) is 19.5 Å². The van der Waals surface area contributed by atoms with Gasteiger partial charge in [-0.05, 0) is 30.7 Å². The van der Waals surface area contributed by atoms with Gasteiger partial charge in [0.05, 0.1) is 5.56 Å². The number of aryl methyl sites for hydroxylation is 1. The van der Waals surface area contributed by atoms with Crippen molar-refractivity contribution in [1.29, 1.82) is 0 Å². The molecule has 4 rings (SSSR count). The summed E-state index contributed by atoms with van der Waals surface area (Å²) in [4.78, 5) is 32.4. The lowest BCUT2D eigenvalue weighted by molar-refractivity contribution is 0.151. The first-order chi connectivity index (χ1) is 14.4. The van der Waals surface area contributed by atoms with Crippen LogP contribution >= 0.6 is 0 Å². The van der Waals surface area contributed by atoms with Crippen LogP contribution in [0.15, 0.2) is 70.8 Å². The van der Waals surface area contributed by atoms with Crippen LogP contribution in [-0.4, -0.2) is 19.5 Å². The minimum Gasteiger partial charge on any atom is -0.349 e. The zero-order chi connectivity index (χ0) is 21.3. The van der Waals surface area contributed by atoms with Crippen molar-refractivity contribution in [2.75, 3.05) is 0 Å². The topological polar surface area (TPSA) is 83.5 Å². The average molecular weight is 408 g/mol. The second kappa shape index (κ2) is 7.90. The summed E-state index contributed by atoms with van der Waals surface area (Å²) in [5.74, 6) is 0. The number of rotatable bonds is 5. The Hall–Kier alpha value is -3.81. The molecular weight excluding hydrogens is 390 g/mol. The lowest BCUT2D eigenvalue weighted by atomic mass is 10.0. The van der Waals surface area contributed by atoms with Crippen molar-refractivity contribution in [3.63, 3.8) is 0 Å². The number of H-pyrrole nitrogens is 2. The number of alkyl halides is 2. The molecule has 6 nitrogen and oxygen atoms in total. The molecule has 152 valence electrons. The van der Waals surface area contributed by atoms with Crippen molar-refractivity contribution < 1.29 is 8.78 Å². The average Bonchev–Trinajstić information content (AvgIpc) is 3.17. The smallest absolute Gasteiger partial charge is 0.325 e. The Morgan fingerprint density at radius 2 is 1.93 bits per heavy atom. The van der Waals surface area contributed by atoms with E-state index in [2.05, 4.69) is 15.0 Å². The second-order valence-electron chi connectivity index (χ2n) is 6.96. The first-order valence-corrected chi connectivity index (χ1v) is 9.23. The molecule has 0 fully saturated rings. The third-order valence-corrected chi connectivity index (χ3v) is 4.85. The number of hydrogen-bond acceptors (Lipinski definition) is 3. The molecule has 0 radical (unpaired) electrons. The summed E-state index contributed by atoms with van der Waals surface area (Å²) in [5.41, 5.74) is 3.08. The van der Waals surface area contributed by atoms with Crippen LogP contribution in [0.3, 0.4) is 0 Å². The standard InChI is InChI=1S/C22H18F2N4O2/c1-13-18(8-17(9-25-13)19-10-26-22(30)27-21(19)29)16-5-6-28(12-16)11-14-3-2-4-15(7-14)20(23)24/h2-10,12,20H,11H2,1H3,(H2,26,27,29,30). The van der Waals surface area contributed by atoms with E-state index in [0.29, 0.717) is 17.7 Å². The second-order valence-corrected chi connectivity index (χ2v) is 6.96.